The van der Waals surface area contributed by atoms with Gasteiger partial charge < -0.3 is 15.1 Å². The highest BCUT2D eigenvalue weighted by Crippen LogP contribution is 2.45. The third kappa shape index (κ3) is 4.75. The molecule has 1 N–H and O–H groups in total. The Bertz CT molecular complexity index is 414. The fourth-order valence-electron chi connectivity index (χ4n) is 4.61. The van der Waals surface area contributed by atoms with Crippen LogP contribution in [-0.2, 0) is 0 Å². The Kier molecular flexibility index (Phi) is 7.61. The zero-order chi connectivity index (χ0) is 16.3. The Labute approximate surface area is 165 Å². The van der Waals surface area contributed by atoms with E-state index in [-0.39, 0.29) is 24.0 Å². The number of nitrogens with zero attached hydrogens (tertiary/aromatic N) is 4. The van der Waals surface area contributed by atoms with Gasteiger partial charge in [-0.1, -0.05) is 12.8 Å². The van der Waals surface area contributed by atoms with Gasteiger partial charge in [0, 0.05) is 58.9 Å². The molecular weight excluding hydrogens is 413 g/mol. The van der Waals surface area contributed by atoms with Crippen LogP contribution < -0.4 is 5.32 Å². The maximum absolute atomic E-state index is 4.56. The normalized spacial score (nSPS) is 26.6. The summed E-state index contributed by atoms with van der Waals surface area (Å²) in [6, 6.07) is 0.573. The molecule has 0 aromatic carbocycles. The summed E-state index contributed by atoms with van der Waals surface area (Å²) in [5.74, 6) is 1.12. The second kappa shape index (κ2) is 9.03. The summed E-state index contributed by atoms with van der Waals surface area (Å²) < 4.78 is 0. The molecule has 3 aliphatic rings. The van der Waals surface area contributed by atoms with Crippen molar-refractivity contribution in [1.82, 2.24) is 20.0 Å². The minimum absolute atomic E-state index is 0. The highest BCUT2D eigenvalue weighted by Gasteiger charge is 2.41. The van der Waals surface area contributed by atoms with E-state index in [2.05, 4.69) is 39.0 Å². The Morgan fingerprint density at radius 3 is 2.38 bits per heavy atom. The molecule has 1 spiro atoms. The number of aliphatic imine (C=N–C) groups is 1. The van der Waals surface area contributed by atoms with Crippen molar-refractivity contribution in [2.45, 2.75) is 45.1 Å². The summed E-state index contributed by atoms with van der Waals surface area (Å²) in [7, 11) is 4.15. The van der Waals surface area contributed by atoms with Gasteiger partial charge in [0.15, 0.2) is 5.96 Å². The Morgan fingerprint density at radius 1 is 1.08 bits per heavy atom. The number of hydrogen-bond donors (Lipinski definition) is 1. The van der Waals surface area contributed by atoms with E-state index in [1.54, 1.807) is 0 Å². The molecule has 0 aromatic rings. The van der Waals surface area contributed by atoms with Gasteiger partial charge in [-0.05, 0) is 38.6 Å². The van der Waals surface area contributed by atoms with Gasteiger partial charge in [0.2, 0.25) is 0 Å². The van der Waals surface area contributed by atoms with Crippen LogP contribution in [0.1, 0.15) is 39.0 Å². The van der Waals surface area contributed by atoms with Gasteiger partial charge in [0.25, 0.3) is 0 Å². The van der Waals surface area contributed by atoms with Gasteiger partial charge in [-0.3, -0.25) is 9.89 Å². The van der Waals surface area contributed by atoms with E-state index in [1.807, 2.05) is 7.05 Å². The van der Waals surface area contributed by atoms with Crippen LogP contribution in [0.3, 0.4) is 0 Å². The maximum atomic E-state index is 4.56. The average molecular weight is 449 g/mol. The topological polar surface area (TPSA) is 34.1 Å². The third-order valence-electron chi connectivity index (χ3n) is 6.33. The number of rotatable bonds is 3. The van der Waals surface area contributed by atoms with Crippen LogP contribution in [-0.4, -0.2) is 86.6 Å². The standard InChI is InChI=1S/C18H35N5.HI/c1-16(22-12-10-21(3)11-13-22)14-20-17(19-2)23-9-8-18(15-23)6-4-5-7-18;/h16H,4-15H2,1-3H3,(H,19,20);1H. The van der Waals surface area contributed by atoms with Gasteiger partial charge in [-0.15, -0.1) is 24.0 Å². The van der Waals surface area contributed by atoms with E-state index in [1.165, 1.54) is 71.4 Å². The number of likely N-dealkylation sites (tertiary alicyclic amines) is 1. The van der Waals surface area contributed by atoms with Crippen LogP contribution >= 0.6 is 24.0 Å². The van der Waals surface area contributed by atoms with Crippen molar-refractivity contribution in [3.8, 4) is 0 Å². The van der Waals surface area contributed by atoms with E-state index in [0.29, 0.717) is 11.5 Å². The van der Waals surface area contributed by atoms with Crippen LogP contribution in [0.25, 0.3) is 0 Å². The lowest BCUT2D eigenvalue weighted by Gasteiger charge is -2.37. The molecule has 5 nitrogen and oxygen atoms in total. The van der Waals surface area contributed by atoms with E-state index < -0.39 is 0 Å². The third-order valence-corrected chi connectivity index (χ3v) is 6.33. The molecule has 3 rings (SSSR count). The SMILES string of the molecule is CN=C(NCC(C)N1CCN(C)CC1)N1CCC2(CCCC2)C1.I. The molecule has 0 bridgehead atoms. The summed E-state index contributed by atoms with van der Waals surface area (Å²) in [6.07, 6.45) is 7.08. The number of halogens is 1. The predicted octanol–water partition coefficient (Wildman–Crippen LogP) is 2.08. The van der Waals surface area contributed by atoms with E-state index in [4.69, 9.17) is 0 Å². The van der Waals surface area contributed by atoms with Gasteiger partial charge in [0.1, 0.15) is 0 Å². The van der Waals surface area contributed by atoms with Crippen LogP contribution in [0, 0.1) is 5.41 Å². The first-order valence-electron chi connectivity index (χ1n) is 9.50. The maximum Gasteiger partial charge on any atom is 0.193 e. The van der Waals surface area contributed by atoms with Gasteiger partial charge >= 0.3 is 0 Å². The van der Waals surface area contributed by atoms with Crippen molar-refractivity contribution >= 4 is 29.9 Å². The van der Waals surface area contributed by atoms with E-state index >= 15 is 0 Å². The van der Waals surface area contributed by atoms with Crippen molar-refractivity contribution in [3.05, 3.63) is 0 Å². The lowest BCUT2D eigenvalue weighted by molar-refractivity contribution is 0.119. The Hall–Kier alpha value is -0.0800. The highest BCUT2D eigenvalue weighted by atomic mass is 127. The molecule has 1 saturated carbocycles. The molecule has 24 heavy (non-hydrogen) atoms. The summed E-state index contributed by atoms with van der Waals surface area (Å²) in [4.78, 5) is 12.1. The van der Waals surface area contributed by atoms with Crippen molar-refractivity contribution in [2.75, 3.05) is 59.9 Å². The molecule has 1 aliphatic carbocycles. The van der Waals surface area contributed by atoms with Crippen LogP contribution in [0.2, 0.25) is 0 Å². The summed E-state index contributed by atoms with van der Waals surface area (Å²) in [5, 5.41) is 3.65. The molecule has 2 aliphatic heterocycles. The first-order chi connectivity index (χ1) is 11.1. The summed E-state index contributed by atoms with van der Waals surface area (Å²) >= 11 is 0. The number of piperazine rings is 1. The zero-order valence-electron chi connectivity index (χ0n) is 15.8. The van der Waals surface area contributed by atoms with Crippen LogP contribution in [0.15, 0.2) is 4.99 Å². The minimum Gasteiger partial charge on any atom is -0.355 e. The largest absolute Gasteiger partial charge is 0.355 e. The molecule has 0 amide bonds. The van der Waals surface area contributed by atoms with Crippen LogP contribution in [0.5, 0.6) is 0 Å². The fraction of sp³-hybridized carbons (Fsp3) is 0.944. The second-order valence-corrected chi connectivity index (χ2v) is 8.00. The van der Waals surface area contributed by atoms with E-state index in [0.717, 1.165) is 12.5 Å². The predicted molar refractivity (Wildman–Crippen MR) is 112 cm³/mol. The van der Waals surface area contributed by atoms with Crippen molar-refractivity contribution in [3.63, 3.8) is 0 Å². The molecular formula is C18H36IN5. The Morgan fingerprint density at radius 2 is 1.75 bits per heavy atom. The molecule has 2 saturated heterocycles. The fourth-order valence-corrected chi connectivity index (χ4v) is 4.61. The van der Waals surface area contributed by atoms with Crippen molar-refractivity contribution < 1.29 is 0 Å². The summed E-state index contributed by atoms with van der Waals surface area (Å²) in [6.45, 7) is 10.5. The monoisotopic (exact) mass is 449 g/mol. The van der Waals surface area contributed by atoms with E-state index in [9.17, 15) is 0 Å². The quantitative estimate of drug-likeness (QED) is 0.407. The smallest absolute Gasteiger partial charge is 0.193 e. The first kappa shape index (κ1) is 20.2. The number of likely N-dealkylation sites (N-methyl/N-ethyl adjacent to an activating group) is 1. The Balaban J connectivity index is 0.00000208. The average Bonchev–Trinajstić information content (AvgIpc) is 3.19. The number of nitrogens with one attached hydrogen (secondary N) is 1. The lowest BCUT2D eigenvalue weighted by Crippen LogP contribution is -2.52. The molecule has 3 fully saturated rings. The van der Waals surface area contributed by atoms with Crippen molar-refractivity contribution in [1.29, 1.82) is 0 Å². The van der Waals surface area contributed by atoms with Crippen LogP contribution in [0.4, 0.5) is 0 Å². The van der Waals surface area contributed by atoms with Gasteiger partial charge in [0.05, 0.1) is 0 Å². The number of hydrogen-bond acceptors (Lipinski definition) is 3. The molecule has 1 unspecified atom stereocenters. The minimum atomic E-state index is 0. The van der Waals surface area contributed by atoms with Gasteiger partial charge in [-0.25, -0.2) is 0 Å². The van der Waals surface area contributed by atoms with Gasteiger partial charge in [-0.2, -0.15) is 0 Å². The van der Waals surface area contributed by atoms with Crippen molar-refractivity contribution in [2.24, 2.45) is 10.4 Å². The molecule has 0 aromatic heterocycles. The number of guanidine groups is 1. The molecule has 0 radical (unpaired) electrons. The summed E-state index contributed by atoms with van der Waals surface area (Å²) in [5.41, 5.74) is 0.612. The lowest BCUT2D eigenvalue weighted by atomic mass is 9.86. The molecule has 2 heterocycles. The molecule has 6 heteroatoms. The first-order valence-corrected chi connectivity index (χ1v) is 9.50. The zero-order valence-corrected chi connectivity index (χ0v) is 18.1. The molecule has 140 valence electrons. The second-order valence-electron chi connectivity index (χ2n) is 8.00. The molecule has 1 atom stereocenters. The highest BCUT2D eigenvalue weighted by molar-refractivity contribution is 14.0.